The molecule has 0 saturated carbocycles. The number of fused-ring (bicyclic) bond motifs is 6. The molecule has 11 heteroatoms. The highest BCUT2D eigenvalue weighted by Gasteiger charge is 2.36. The maximum absolute atomic E-state index is 15.3. The highest BCUT2D eigenvalue weighted by Crippen LogP contribution is 2.50. The first kappa shape index (κ1) is 47.5. The zero-order valence-electron chi connectivity index (χ0n) is 40.8. The maximum atomic E-state index is 15.3. The van der Waals surface area contributed by atoms with Crippen molar-refractivity contribution in [3.8, 4) is 79.1 Å². The minimum atomic E-state index is -4.90. The molecule has 78 heavy (non-hydrogen) atoms. The van der Waals surface area contributed by atoms with Gasteiger partial charge in [-0.3, -0.25) is 0 Å². The largest absolute Gasteiger partial charge is 0.415 e. The van der Waals surface area contributed by atoms with E-state index >= 15 is 13.2 Å². The van der Waals surface area contributed by atoms with Gasteiger partial charge in [-0.25, -0.2) is 19.4 Å². The summed E-state index contributed by atoms with van der Waals surface area (Å²) in [5.41, 5.74) is 9.98. The molecule has 0 bridgehead atoms. The van der Waals surface area contributed by atoms with E-state index in [1.807, 2.05) is 155 Å². The van der Waals surface area contributed by atoms with Gasteiger partial charge >= 0.3 is 6.18 Å². The lowest BCUT2D eigenvalue weighted by molar-refractivity contribution is -0.137. The normalized spacial score (nSPS) is 11.2. The number of benzene rings is 10. The molecule has 0 atom stereocenters. The molecular weight excluding hydrogens is 974 g/mol. The van der Waals surface area contributed by atoms with Gasteiger partial charge in [0, 0.05) is 21.5 Å². The number of alkyl halides is 3. The second-order valence-electron chi connectivity index (χ2n) is 18.6. The standard InChI is InChI=1S/C67H33F3N8/c1-73-50-16-7-14-44(30-50)48-22-26-62-54(34-48)55-35-49(45-15-8-17-51(31-45)74-2)23-27-63(55)78(62)65-37-59(76-4)56(66-57(67(68,69)70)18-9-19-58(66)75-3)36-64(65)77-60-24-20-46(42-12-5-10-40(28-42)38-71)32-52(60)53-33-47(21-25-61(53)77)43-13-6-11-41(29-43)39-72/h5-37H. The number of aromatic nitrogens is 2. The lowest BCUT2D eigenvalue weighted by atomic mass is 9.94. The molecule has 0 aliphatic heterocycles. The first-order chi connectivity index (χ1) is 38.0. The van der Waals surface area contributed by atoms with Crippen LogP contribution < -0.4 is 0 Å². The molecular formula is C67H33F3N8. The highest BCUT2D eigenvalue weighted by molar-refractivity contribution is 6.14. The predicted octanol–water partition coefficient (Wildman–Crippen LogP) is 19.2. The van der Waals surface area contributed by atoms with Crippen LogP contribution in [-0.4, -0.2) is 9.13 Å². The van der Waals surface area contributed by atoms with Gasteiger partial charge in [-0.2, -0.15) is 23.7 Å². The second kappa shape index (κ2) is 18.8. The van der Waals surface area contributed by atoms with Crippen molar-refractivity contribution in [3.63, 3.8) is 0 Å². The molecule has 12 aromatic rings. The Hall–Kier alpha value is -11.5. The first-order valence-corrected chi connectivity index (χ1v) is 24.3. The molecule has 0 aliphatic rings. The molecule has 10 aromatic carbocycles. The molecule has 2 aromatic heterocycles. The van der Waals surface area contributed by atoms with Crippen LogP contribution in [0.4, 0.5) is 35.9 Å². The molecule has 362 valence electrons. The fourth-order valence-electron chi connectivity index (χ4n) is 10.7. The van der Waals surface area contributed by atoms with Crippen LogP contribution in [0.25, 0.3) is 130 Å². The molecule has 0 aliphatic carbocycles. The molecule has 0 amide bonds. The van der Waals surface area contributed by atoms with E-state index in [1.54, 1.807) is 36.4 Å². The molecule has 0 fully saturated rings. The number of rotatable bonds is 7. The Bertz CT molecular complexity index is 4590. The van der Waals surface area contributed by atoms with Crippen molar-refractivity contribution in [2.45, 2.75) is 6.18 Å². The van der Waals surface area contributed by atoms with E-state index in [9.17, 15) is 10.5 Å². The number of hydrogen-bond acceptors (Lipinski definition) is 2. The summed E-state index contributed by atoms with van der Waals surface area (Å²) in [6.45, 7) is 32.3. The molecule has 8 nitrogen and oxygen atoms in total. The maximum Gasteiger partial charge on any atom is 0.415 e. The smallest absolute Gasteiger partial charge is 0.308 e. The summed E-state index contributed by atoms with van der Waals surface area (Å²) < 4.78 is 50.0. The summed E-state index contributed by atoms with van der Waals surface area (Å²) in [7, 11) is 0. The molecule has 0 unspecified atom stereocenters. The summed E-state index contributed by atoms with van der Waals surface area (Å²) in [5.74, 6) is 0. The average Bonchev–Trinajstić information content (AvgIpc) is 4.04. The minimum Gasteiger partial charge on any atom is -0.308 e. The first-order valence-electron chi connectivity index (χ1n) is 24.3. The average molecular weight is 1010 g/mol. The van der Waals surface area contributed by atoms with E-state index in [0.717, 1.165) is 72.1 Å². The monoisotopic (exact) mass is 1010 g/mol. The van der Waals surface area contributed by atoms with Crippen LogP contribution in [0.15, 0.2) is 200 Å². The third-order valence-corrected chi connectivity index (χ3v) is 14.2. The van der Waals surface area contributed by atoms with Crippen LogP contribution in [-0.2, 0) is 6.18 Å². The van der Waals surface area contributed by atoms with Crippen LogP contribution >= 0.6 is 0 Å². The number of nitrogens with zero attached hydrogens (tertiary/aromatic N) is 8. The van der Waals surface area contributed by atoms with Gasteiger partial charge in [0.1, 0.15) is 0 Å². The van der Waals surface area contributed by atoms with Crippen LogP contribution in [0.5, 0.6) is 0 Å². The van der Waals surface area contributed by atoms with Crippen LogP contribution in [0.1, 0.15) is 16.7 Å². The van der Waals surface area contributed by atoms with Crippen molar-refractivity contribution < 1.29 is 13.2 Å². The molecule has 0 N–H and O–H groups in total. The van der Waals surface area contributed by atoms with Gasteiger partial charge in [-0.15, -0.1) is 0 Å². The van der Waals surface area contributed by atoms with Crippen molar-refractivity contribution in [2.24, 2.45) is 0 Å². The van der Waals surface area contributed by atoms with Crippen molar-refractivity contribution >= 4 is 66.4 Å². The zero-order chi connectivity index (χ0) is 53.8. The summed E-state index contributed by atoms with van der Waals surface area (Å²) >= 11 is 0. The van der Waals surface area contributed by atoms with Gasteiger partial charge in [0.25, 0.3) is 0 Å². The Morgan fingerprint density at radius 2 is 0.744 bits per heavy atom. The van der Waals surface area contributed by atoms with Crippen molar-refractivity contribution in [1.29, 1.82) is 10.5 Å². The number of halogens is 3. The highest BCUT2D eigenvalue weighted by atomic mass is 19.4. The minimum absolute atomic E-state index is 0.0859. The Morgan fingerprint density at radius 1 is 0.372 bits per heavy atom. The Kier molecular flexibility index (Phi) is 11.4. The molecule has 2 heterocycles. The van der Waals surface area contributed by atoms with Gasteiger partial charge in [0.2, 0.25) is 0 Å². The van der Waals surface area contributed by atoms with Crippen molar-refractivity contribution in [2.75, 3.05) is 0 Å². The topological polar surface area (TPSA) is 74.9 Å². The Balaban J connectivity index is 1.23. The summed E-state index contributed by atoms with van der Waals surface area (Å²) in [6.07, 6.45) is -4.90. The van der Waals surface area contributed by atoms with Gasteiger partial charge in [-0.1, -0.05) is 103 Å². The van der Waals surface area contributed by atoms with Crippen molar-refractivity contribution in [1.82, 2.24) is 9.13 Å². The van der Waals surface area contributed by atoms with Gasteiger partial charge in [0.15, 0.2) is 22.7 Å². The quantitative estimate of drug-likeness (QED) is 0.149. The summed E-state index contributed by atoms with van der Waals surface area (Å²) in [4.78, 5) is 14.9. The summed E-state index contributed by atoms with van der Waals surface area (Å²) in [6, 6.07) is 64.1. The number of hydrogen-bond donors (Lipinski definition) is 0. The second-order valence-corrected chi connectivity index (χ2v) is 18.6. The lowest BCUT2D eigenvalue weighted by Crippen LogP contribution is -2.08. The lowest BCUT2D eigenvalue weighted by Gasteiger charge is -2.22. The van der Waals surface area contributed by atoms with Crippen LogP contribution in [0.3, 0.4) is 0 Å². The zero-order valence-corrected chi connectivity index (χ0v) is 40.8. The number of nitriles is 2. The molecule has 0 spiro atoms. The van der Waals surface area contributed by atoms with E-state index in [1.165, 1.54) is 12.1 Å². The van der Waals surface area contributed by atoms with E-state index in [0.29, 0.717) is 55.9 Å². The van der Waals surface area contributed by atoms with E-state index in [4.69, 9.17) is 26.3 Å². The van der Waals surface area contributed by atoms with Crippen LogP contribution in [0, 0.1) is 49.0 Å². The van der Waals surface area contributed by atoms with Gasteiger partial charge in [0.05, 0.1) is 88.6 Å². The Labute approximate surface area is 445 Å². The predicted molar refractivity (Wildman–Crippen MR) is 302 cm³/mol. The van der Waals surface area contributed by atoms with Crippen LogP contribution in [0.2, 0.25) is 0 Å². The van der Waals surface area contributed by atoms with Gasteiger partial charge in [-0.05, 0) is 153 Å². The molecule has 12 rings (SSSR count). The van der Waals surface area contributed by atoms with E-state index < -0.39 is 17.3 Å². The third-order valence-electron chi connectivity index (χ3n) is 14.2. The SMILES string of the molecule is [C-]#[N+]c1cccc(-c2ccc3c(c2)c2cc(-c4cccc([N+]#[C-])c4)ccc2n3-c2cc([N+]#[C-])c(-c3c([N+]#[C-])cccc3C(F)(F)F)cc2-n2c3ccc(-c4cccc(C#N)c4)cc3c3cc(-c4cccc(C#N)c4)ccc32)c1. The Morgan fingerprint density at radius 3 is 1.13 bits per heavy atom. The van der Waals surface area contributed by atoms with Crippen molar-refractivity contribution in [3.05, 3.63) is 263 Å². The van der Waals surface area contributed by atoms with Gasteiger partial charge < -0.3 is 9.13 Å². The molecule has 0 radical (unpaired) electrons. The fourth-order valence-corrected chi connectivity index (χ4v) is 10.7. The molecule has 0 saturated heterocycles. The van der Waals surface area contributed by atoms with E-state index in [-0.39, 0.29) is 16.9 Å². The summed E-state index contributed by atoms with van der Waals surface area (Å²) in [5, 5.41) is 22.9. The fraction of sp³-hybridized carbons (Fsp3) is 0.0149. The third kappa shape index (κ3) is 7.99. The van der Waals surface area contributed by atoms with E-state index in [2.05, 4.69) is 31.5 Å².